The molecular formula is C9H14N2O2S2. The summed E-state index contributed by atoms with van der Waals surface area (Å²) in [5, 5.41) is 2.02. The van der Waals surface area contributed by atoms with Crippen LogP contribution in [0.5, 0.6) is 0 Å². The van der Waals surface area contributed by atoms with Crippen LogP contribution in [-0.4, -0.2) is 32.9 Å². The fraction of sp³-hybridized carbons (Fsp3) is 0.556. The van der Waals surface area contributed by atoms with Gasteiger partial charge in [-0.1, -0.05) is 6.07 Å². The SMILES string of the molecule is CN(C)S(=O)(=O)NC1CC1c1cccs1. The Hall–Kier alpha value is -0.430. The van der Waals surface area contributed by atoms with Crippen molar-refractivity contribution in [2.24, 2.45) is 0 Å². The third-order valence-electron chi connectivity index (χ3n) is 2.48. The molecule has 4 nitrogen and oxygen atoms in total. The van der Waals surface area contributed by atoms with Crippen molar-refractivity contribution >= 4 is 21.5 Å². The molecule has 2 atom stereocenters. The molecule has 6 heteroatoms. The minimum atomic E-state index is -3.27. The molecule has 0 radical (unpaired) electrons. The average Bonchev–Trinajstić information content (AvgIpc) is 2.70. The normalized spacial score (nSPS) is 25.8. The quantitative estimate of drug-likeness (QED) is 0.861. The number of hydrogen-bond donors (Lipinski definition) is 1. The van der Waals surface area contributed by atoms with E-state index in [-0.39, 0.29) is 6.04 Å². The largest absolute Gasteiger partial charge is 0.279 e. The number of nitrogens with zero attached hydrogens (tertiary/aromatic N) is 1. The monoisotopic (exact) mass is 246 g/mol. The van der Waals surface area contributed by atoms with Gasteiger partial charge in [0.25, 0.3) is 10.2 Å². The molecule has 1 N–H and O–H groups in total. The lowest BCUT2D eigenvalue weighted by molar-refractivity contribution is 0.504. The predicted molar refractivity (Wildman–Crippen MR) is 61.2 cm³/mol. The first-order valence-corrected chi connectivity index (χ1v) is 7.06. The molecule has 0 bridgehead atoms. The Morgan fingerprint density at radius 1 is 1.53 bits per heavy atom. The summed E-state index contributed by atoms with van der Waals surface area (Å²) >= 11 is 1.68. The molecule has 1 heterocycles. The summed E-state index contributed by atoms with van der Waals surface area (Å²) in [6, 6.07) is 4.13. The van der Waals surface area contributed by atoms with E-state index in [1.54, 1.807) is 11.3 Å². The van der Waals surface area contributed by atoms with Crippen LogP contribution in [0.1, 0.15) is 17.2 Å². The maximum Gasteiger partial charge on any atom is 0.279 e. The van der Waals surface area contributed by atoms with Crippen molar-refractivity contribution in [2.75, 3.05) is 14.1 Å². The van der Waals surface area contributed by atoms with E-state index in [4.69, 9.17) is 0 Å². The summed E-state index contributed by atoms with van der Waals surface area (Å²) in [6.45, 7) is 0. The maximum absolute atomic E-state index is 11.5. The van der Waals surface area contributed by atoms with Crippen LogP contribution in [-0.2, 0) is 10.2 Å². The van der Waals surface area contributed by atoms with Crippen molar-refractivity contribution in [1.82, 2.24) is 9.03 Å². The van der Waals surface area contributed by atoms with Crippen molar-refractivity contribution in [2.45, 2.75) is 18.4 Å². The van der Waals surface area contributed by atoms with Gasteiger partial charge in [0.2, 0.25) is 0 Å². The molecule has 15 heavy (non-hydrogen) atoms. The van der Waals surface area contributed by atoms with E-state index in [9.17, 15) is 8.42 Å². The molecule has 1 aromatic heterocycles. The molecule has 1 fully saturated rings. The molecular weight excluding hydrogens is 232 g/mol. The zero-order chi connectivity index (χ0) is 11.1. The Kier molecular flexibility index (Phi) is 2.85. The summed E-state index contributed by atoms with van der Waals surface area (Å²) in [5.41, 5.74) is 0. The van der Waals surface area contributed by atoms with Gasteiger partial charge in [0.15, 0.2) is 0 Å². The lowest BCUT2D eigenvalue weighted by Gasteiger charge is -2.11. The third kappa shape index (κ3) is 2.39. The third-order valence-corrected chi connectivity index (χ3v) is 5.05. The van der Waals surface area contributed by atoms with Crippen LogP contribution >= 0.6 is 11.3 Å². The Labute approximate surface area is 94.1 Å². The standard InChI is InChI=1S/C9H14N2O2S2/c1-11(2)15(12,13)10-8-6-7(8)9-4-3-5-14-9/h3-5,7-8,10H,6H2,1-2H3. The summed E-state index contributed by atoms with van der Waals surface area (Å²) in [6.07, 6.45) is 0.910. The number of rotatable bonds is 4. The minimum absolute atomic E-state index is 0.0797. The highest BCUT2D eigenvalue weighted by Crippen LogP contribution is 2.43. The molecule has 0 amide bonds. The molecule has 1 aliphatic carbocycles. The molecule has 1 aromatic rings. The Balaban J connectivity index is 1.96. The zero-order valence-electron chi connectivity index (χ0n) is 8.67. The highest BCUT2D eigenvalue weighted by atomic mass is 32.2. The molecule has 0 saturated heterocycles. The second kappa shape index (κ2) is 3.86. The second-order valence-corrected chi connectivity index (χ2v) is 6.76. The molecule has 2 rings (SSSR count). The van der Waals surface area contributed by atoms with Gasteiger partial charge < -0.3 is 0 Å². The van der Waals surface area contributed by atoms with E-state index in [0.717, 1.165) is 6.42 Å². The van der Waals surface area contributed by atoms with E-state index >= 15 is 0 Å². The Bertz CT molecular complexity index is 425. The first-order valence-electron chi connectivity index (χ1n) is 4.74. The van der Waals surface area contributed by atoms with E-state index in [1.165, 1.54) is 23.3 Å². The van der Waals surface area contributed by atoms with Gasteiger partial charge in [-0.05, 0) is 17.9 Å². The van der Waals surface area contributed by atoms with E-state index < -0.39 is 10.2 Å². The van der Waals surface area contributed by atoms with Gasteiger partial charge in [0.1, 0.15) is 0 Å². The Morgan fingerprint density at radius 3 is 2.80 bits per heavy atom. The first kappa shape index (κ1) is 11.1. The Morgan fingerprint density at radius 2 is 2.27 bits per heavy atom. The van der Waals surface area contributed by atoms with Crippen molar-refractivity contribution in [3.63, 3.8) is 0 Å². The smallest absolute Gasteiger partial charge is 0.198 e. The highest BCUT2D eigenvalue weighted by molar-refractivity contribution is 7.87. The molecule has 84 valence electrons. The number of nitrogens with one attached hydrogen (secondary N) is 1. The number of hydrogen-bond acceptors (Lipinski definition) is 3. The van der Waals surface area contributed by atoms with Crippen molar-refractivity contribution in [3.05, 3.63) is 22.4 Å². The van der Waals surface area contributed by atoms with Gasteiger partial charge >= 0.3 is 0 Å². The maximum atomic E-state index is 11.5. The molecule has 0 aliphatic heterocycles. The van der Waals surface area contributed by atoms with Crippen LogP contribution in [0.25, 0.3) is 0 Å². The summed E-state index contributed by atoms with van der Waals surface area (Å²) in [5.74, 6) is 0.375. The lowest BCUT2D eigenvalue weighted by Crippen LogP contribution is -2.37. The van der Waals surface area contributed by atoms with Crippen molar-refractivity contribution in [1.29, 1.82) is 0 Å². The van der Waals surface area contributed by atoms with Crippen molar-refractivity contribution < 1.29 is 8.42 Å². The summed E-state index contributed by atoms with van der Waals surface area (Å²) < 4.78 is 26.9. The topological polar surface area (TPSA) is 49.4 Å². The second-order valence-electron chi connectivity index (χ2n) is 3.87. The fourth-order valence-corrected chi connectivity index (χ4v) is 3.20. The van der Waals surface area contributed by atoms with E-state index in [1.807, 2.05) is 11.4 Å². The molecule has 1 aliphatic rings. The van der Waals surface area contributed by atoms with Crippen LogP contribution in [0.3, 0.4) is 0 Å². The zero-order valence-corrected chi connectivity index (χ0v) is 10.3. The lowest BCUT2D eigenvalue weighted by atomic mass is 10.3. The van der Waals surface area contributed by atoms with Gasteiger partial charge in [0.05, 0.1) is 0 Å². The van der Waals surface area contributed by atoms with Gasteiger partial charge in [-0.25, -0.2) is 0 Å². The molecule has 1 saturated carbocycles. The van der Waals surface area contributed by atoms with Crippen LogP contribution in [0.2, 0.25) is 0 Å². The van der Waals surface area contributed by atoms with Crippen LogP contribution < -0.4 is 4.72 Å². The predicted octanol–water partition coefficient (Wildman–Crippen LogP) is 1.00. The molecule has 2 unspecified atom stereocenters. The summed E-state index contributed by atoms with van der Waals surface area (Å²) in [7, 11) is -0.206. The molecule has 0 aromatic carbocycles. The van der Waals surface area contributed by atoms with Crippen LogP contribution in [0.15, 0.2) is 17.5 Å². The average molecular weight is 246 g/mol. The fourth-order valence-electron chi connectivity index (χ4n) is 1.44. The van der Waals surface area contributed by atoms with Gasteiger partial charge in [-0.3, -0.25) is 0 Å². The molecule has 0 spiro atoms. The highest BCUT2D eigenvalue weighted by Gasteiger charge is 2.42. The van der Waals surface area contributed by atoms with Gasteiger partial charge in [0, 0.05) is 30.9 Å². The summed E-state index contributed by atoms with van der Waals surface area (Å²) in [4.78, 5) is 1.27. The van der Waals surface area contributed by atoms with Gasteiger partial charge in [-0.15, -0.1) is 11.3 Å². The van der Waals surface area contributed by atoms with Crippen LogP contribution in [0.4, 0.5) is 0 Å². The number of thiophene rings is 1. The van der Waals surface area contributed by atoms with E-state index in [2.05, 4.69) is 10.8 Å². The van der Waals surface area contributed by atoms with E-state index in [0.29, 0.717) is 5.92 Å². The van der Waals surface area contributed by atoms with Crippen LogP contribution in [0, 0.1) is 0 Å². The minimum Gasteiger partial charge on any atom is -0.198 e. The first-order chi connectivity index (χ1) is 7.00. The van der Waals surface area contributed by atoms with Gasteiger partial charge in [-0.2, -0.15) is 17.4 Å². The van der Waals surface area contributed by atoms with Crippen molar-refractivity contribution in [3.8, 4) is 0 Å².